The summed E-state index contributed by atoms with van der Waals surface area (Å²) in [6, 6.07) is 3.49. The summed E-state index contributed by atoms with van der Waals surface area (Å²) >= 11 is 0. The molecule has 0 aliphatic carbocycles. The number of nitrogens with two attached hydrogens (primary N) is 2. The third kappa shape index (κ3) is 3.48. The number of halogens is 12. The number of aliphatic hydroxyl groups is 2. The van der Waals surface area contributed by atoms with Gasteiger partial charge < -0.3 is 21.7 Å². The van der Waals surface area contributed by atoms with Gasteiger partial charge in [0.25, 0.3) is 11.2 Å². The van der Waals surface area contributed by atoms with Crippen LogP contribution in [-0.4, -0.2) is 34.9 Å². The van der Waals surface area contributed by atoms with Crippen molar-refractivity contribution < 1.29 is 62.9 Å². The summed E-state index contributed by atoms with van der Waals surface area (Å²) < 4.78 is 164. The van der Waals surface area contributed by atoms with Gasteiger partial charge in [-0.1, -0.05) is 30.3 Å². The maximum Gasteiger partial charge on any atom is 0.430 e. The molecule has 0 saturated carbocycles. The van der Waals surface area contributed by atoms with E-state index in [-0.39, 0.29) is 6.07 Å². The molecule has 198 valence electrons. The zero-order valence-electron chi connectivity index (χ0n) is 17.0. The first-order valence-electron chi connectivity index (χ1n) is 9.28. The van der Waals surface area contributed by atoms with Crippen LogP contribution in [0.5, 0.6) is 0 Å². The second kappa shape index (κ2) is 7.68. The third-order valence-electron chi connectivity index (χ3n) is 5.63. The number of rotatable bonds is 2. The van der Waals surface area contributed by atoms with Crippen LogP contribution in [0, 0.1) is 0 Å². The molecule has 0 atom stereocenters. The molecule has 0 fully saturated rings. The lowest BCUT2D eigenvalue weighted by Gasteiger charge is -2.37. The van der Waals surface area contributed by atoms with E-state index in [9.17, 15) is 62.9 Å². The molecule has 4 nitrogen and oxygen atoms in total. The first-order valence-corrected chi connectivity index (χ1v) is 9.28. The Balaban J connectivity index is 2.75. The van der Waals surface area contributed by atoms with Gasteiger partial charge in [-0.05, 0) is 16.8 Å². The smallest absolute Gasteiger partial charge is 0.398 e. The highest BCUT2D eigenvalue weighted by Crippen LogP contribution is 2.58. The van der Waals surface area contributed by atoms with Crippen LogP contribution in [-0.2, 0) is 11.2 Å². The maximum absolute atomic E-state index is 13.7. The van der Waals surface area contributed by atoms with E-state index < -0.39 is 80.0 Å². The minimum atomic E-state index is -6.51. The Kier molecular flexibility index (Phi) is 5.85. The second-order valence-corrected chi connectivity index (χ2v) is 7.70. The van der Waals surface area contributed by atoms with Crippen LogP contribution in [0.15, 0.2) is 36.4 Å². The van der Waals surface area contributed by atoms with E-state index in [0.29, 0.717) is 18.2 Å². The Hall–Kier alpha value is -3.14. The number of hydrogen-bond acceptors (Lipinski definition) is 4. The molecule has 0 spiro atoms. The highest BCUT2D eigenvalue weighted by molar-refractivity contribution is 6.17. The fourth-order valence-electron chi connectivity index (χ4n) is 3.99. The van der Waals surface area contributed by atoms with Crippen LogP contribution < -0.4 is 11.5 Å². The molecule has 0 radical (unpaired) electrons. The lowest BCUT2D eigenvalue weighted by molar-refractivity contribution is -0.375. The quantitative estimate of drug-likeness (QED) is 0.188. The van der Waals surface area contributed by atoms with E-state index in [1.807, 2.05) is 0 Å². The molecule has 0 aliphatic heterocycles. The van der Waals surface area contributed by atoms with Gasteiger partial charge in [0, 0.05) is 33.3 Å². The number of hydrogen-bond donors (Lipinski definition) is 4. The highest BCUT2D eigenvalue weighted by Gasteiger charge is 2.74. The summed E-state index contributed by atoms with van der Waals surface area (Å²) in [7, 11) is 0. The van der Waals surface area contributed by atoms with Crippen molar-refractivity contribution in [3.63, 3.8) is 0 Å². The zero-order valence-corrected chi connectivity index (χ0v) is 17.0. The molecular weight excluding hydrogens is 528 g/mol. The van der Waals surface area contributed by atoms with Crippen molar-refractivity contribution in [1.82, 2.24) is 0 Å². The Bertz CT molecular complexity index is 1310. The summed E-state index contributed by atoms with van der Waals surface area (Å²) in [5.74, 6) is 0. The van der Waals surface area contributed by atoms with E-state index in [2.05, 4.69) is 0 Å². The summed E-state index contributed by atoms with van der Waals surface area (Å²) in [5, 5.41) is 15.1. The van der Waals surface area contributed by atoms with Gasteiger partial charge in [-0.25, -0.2) is 0 Å². The van der Waals surface area contributed by atoms with E-state index in [1.54, 1.807) is 0 Å². The van der Waals surface area contributed by atoms with Crippen molar-refractivity contribution in [3.05, 3.63) is 47.5 Å². The van der Waals surface area contributed by atoms with Crippen LogP contribution in [0.4, 0.5) is 64.1 Å². The number of nitrogen functional groups attached to an aromatic ring is 2. The third-order valence-corrected chi connectivity index (χ3v) is 5.63. The summed E-state index contributed by atoms with van der Waals surface area (Å²) in [4.78, 5) is 0. The average molecular weight is 540 g/mol. The van der Waals surface area contributed by atoms with Gasteiger partial charge >= 0.3 is 24.7 Å². The Morgan fingerprint density at radius 3 is 1.31 bits per heavy atom. The molecule has 16 heteroatoms. The predicted molar refractivity (Wildman–Crippen MR) is 102 cm³/mol. The number of benzene rings is 3. The molecule has 3 aromatic rings. The van der Waals surface area contributed by atoms with Crippen molar-refractivity contribution in [1.29, 1.82) is 0 Å². The van der Waals surface area contributed by atoms with Gasteiger partial charge in [-0.3, -0.25) is 0 Å². The number of alkyl halides is 12. The monoisotopic (exact) mass is 540 g/mol. The number of anilines is 2. The lowest BCUT2D eigenvalue weighted by Crippen LogP contribution is -2.55. The van der Waals surface area contributed by atoms with Crippen molar-refractivity contribution in [2.24, 2.45) is 0 Å². The van der Waals surface area contributed by atoms with Gasteiger partial charge in [-0.2, -0.15) is 52.7 Å². The Labute approximate surface area is 191 Å². The zero-order chi connectivity index (χ0) is 27.9. The molecule has 0 heterocycles. The van der Waals surface area contributed by atoms with E-state index in [1.165, 1.54) is 0 Å². The first-order chi connectivity index (χ1) is 16.0. The second-order valence-electron chi connectivity index (χ2n) is 7.70. The normalized spacial score (nSPS) is 14.6. The molecule has 36 heavy (non-hydrogen) atoms. The average Bonchev–Trinajstić information content (AvgIpc) is 2.69. The van der Waals surface area contributed by atoms with Gasteiger partial charge in [0.1, 0.15) is 0 Å². The van der Waals surface area contributed by atoms with Crippen molar-refractivity contribution in [2.75, 3.05) is 11.5 Å². The van der Waals surface area contributed by atoms with Crippen LogP contribution in [0.1, 0.15) is 11.1 Å². The minimum Gasteiger partial charge on any atom is -0.398 e. The van der Waals surface area contributed by atoms with Crippen LogP contribution in [0.25, 0.3) is 21.5 Å². The summed E-state index contributed by atoms with van der Waals surface area (Å²) in [6.45, 7) is 0. The molecule has 0 saturated heterocycles. The van der Waals surface area contributed by atoms with Crippen LogP contribution >= 0.6 is 0 Å². The molecule has 0 amide bonds. The van der Waals surface area contributed by atoms with E-state index in [0.717, 1.165) is 12.1 Å². The molecular formula is C20H12F12N2O2. The largest absolute Gasteiger partial charge is 0.430 e. The fraction of sp³-hybridized carbons (Fsp3) is 0.300. The minimum absolute atomic E-state index is 0.287. The first kappa shape index (κ1) is 27.4. The van der Waals surface area contributed by atoms with Gasteiger partial charge in [0.2, 0.25) is 0 Å². The van der Waals surface area contributed by atoms with Crippen molar-refractivity contribution >= 4 is 32.9 Å². The van der Waals surface area contributed by atoms with E-state index in [4.69, 9.17) is 11.5 Å². The molecule has 6 N–H and O–H groups in total. The summed E-state index contributed by atoms with van der Waals surface area (Å²) in [6.07, 6.45) is -26.0. The standard InChI is InChI=1S/C20H12F12N2O2/c21-17(22,23)15(35,18(24,25)26)12-8-4-2-1-3-7(8)11-9(14(12)34)5-6-10(33)13(11)16(36,19(27,28)29)20(30,31)32/h1-6,35-36H,33-34H2. The molecule has 0 aromatic heterocycles. The maximum atomic E-state index is 13.7. The molecule has 3 rings (SSSR count). The van der Waals surface area contributed by atoms with Crippen molar-refractivity contribution in [2.45, 2.75) is 35.9 Å². The van der Waals surface area contributed by atoms with Gasteiger partial charge in [0.05, 0.1) is 0 Å². The molecule has 3 aromatic carbocycles. The molecule has 0 bridgehead atoms. The molecule has 0 aliphatic rings. The van der Waals surface area contributed by atoms with Gasteiger partial charge in [-0.15, -0.1) is 0 Å². The number of fused-ring (bicyclic) bond motifs is 3. The van der Waals surface area contributed by atoms with Crippen LogP contribution in [0.2, 0.25) is 0 Å². The van der Waals surface area contributed by atoms with Crippen LogP contribution in [0.3, 0.4) is 0 Å². The lowest BCUT2D eigenvalue weighted by atomic mass is 9.79. The van der Waals surface area contributed by atoms with Crippen molar-refractivity contribution in [3.8, 4) is 0 Å². The Morgan fingerprint density at radius 2 is 0.889 bits per heavy atom. The fourth-order valence-corrected chi connectivity index (χ4v) is 3.99. The topological polar surface area (TPSA) is 92.5 Å². The predicted octanol–water partition coefficient (Wildman–Crippen LogP) is 5.78. The SMILES string of the molecule is Nc1ccc2c(N)c(C(O)(C(F)(F)F)C(F)(F)F)c3ccccc3c2c1C(O)(C(F)(F)F)C(F)(F)F. The Morgan fingerprint density at radius 1 is 0.500 bits per heavy atom. The summed E-state index contributed by atoms with van der Waals surface area (Å²) in [5.41, 5.74) is -7.74. The van der Waals surface area contributed by atoms with Gasteiger partial charge in [0.15, 0.2) is 0 Å². The van der Waals surface area contributed by atoms with E-state index >= 15 is 0 Å². The highest BCUT2D eigenvalue weighted by atomic mass is 19.4. The molecule has 0 unspecified atom stereocenters.